The Morgan fingerprint density at radius 2 is 1.38 bits per heavy atom. The van der Waals surface area contributed by atoms with E-state index in [9.17, 15) is 13.2 Å². The molecule has 1 heterocycles. The van der Waals surface area contributed by atoms with Gasteiger partial charge in [-0.1, -0.05) is 90.9 Å². The standard InChI is InChI=1S/C27H27NO3S/c1-4-24-25(21-14-10-19(2)11-15-21)18-26(22-8-6-5-7-9-22)28(27(24)29)32(30,31)23-16-12-20(3)13-17-23/h5-18,24-25H,4H2,1-3H3/t24-,25-/m1/s1. The van der Waals surface area contributed by atoms with Crippen LogP contribution in [0.15, 0.2) is 89.8 Å². The highest BCUT2D eigenvalue weighted by Gasteiger charge is 2.43. The Kier molecular flexibility index (Phi) is 6.02. The summed E-state index contributed by atoms with van der Waals surface area (Å²) in [6, 6.07) is 24.0. The Hall–Kier alpha value is -3.18. The van der Waals surface area contributed by atoms with Crippen LogP contribution in [0.4, 0.5) is 0 Å². The molecule has 32 heavy (non-hydrogen) atoms. The largest absolute Gasteiger partial charge is 0.273 e. The number of carbonyl (C=O) groups excluding carboxylic acids is 1. The van der Waals surface area contributed by atoms with E-state index in [0.29, 0.717) is 17.7 Å². The second-order valence-corrected chi connectivity index (χ2v) is 10.1. The third-order valence-corrected chi connectivity index (χ3v) is 7.76. The summed E-state index contributed by atoms with van der Waals surface area (Å²) in [5, 5.41) is 0. The number of rotatable bonds is 5. The molecule has 0 saturated heterocycles. The maximum Gasteiger partial charge on any atom is 0.270 e. The maximum atomic E-state index is 13.8. The van der Waals surface area contributed by atoms with E-state index in [1.54, 1.807) is 24.3 Å². The Morgan fingerprint density at radius 3 is 1.94 bits per heavy atom. The van der Waals surface area contributed by atoms with Crippen LogP contribution in [0.2, 0.25) is 0 Å². The summed E-state index contributed by atoms with van der Waals surface area (Å²) < 4.78 is 28.4. The van der Waals surface area contributed by atoms with Crippen molar-refractivity contribution in [2.24, 2.45) is 5.92 Å². The second-order valence-electron chi connectivity index (χ2n) is 8.29. The first-order valence-corrected chi connectivity index (χ1v) is 12.3. The summed E-state index contributed by atoms with van der Waals surface area (Å²) in [6.07, 6.45) is 2.48. The SMILES string of the molecule is CC[C@H]1C(=O)N(S(=O)(=O)c2ccc(C)cc2)C(c2ccccc2)=C[C@@H]1c1ccc(C)cc1. The Bertz CT molecular complexity index is 1240. The molecule has 1 aliphatic heterocycles. The monoisotopic (exact) mass is 445 g/mol. The number of carbonyl (C=O) groups is 1. The van der Waals surface area contributed by atoms with Gasteiger partial charge in [-0.25, -0.2) is 12.7 Å². The number of allylic oxidation sites excluding steroid dienone is 1. The molecule has 0 aliphatic carbocycles. The van der Waals surface area contributed by atoms with Gasteiger partial charge in [-0.15, -0.1) is 0 Å². The lowest BCUT2D eigenvalue weighted by atomic mass is 9.80. The molecule has 0 bridgehead atoms. The van der Waals surface area contributed by atoms with Crippen molar-refractivity contribution in [3.8, 4) is 0 Å². The van der Waals surface area contributed by atoms with Crippen LogP contribution in [0.25, 0.3) is 5.70 Å². The fourth-order valence-corrected chi connectivity index (χ4v) is 5.70. The van der Waals surface area contributed by atoms with Crippen molar-refractivity contribution in [2.75, 3.05) is 0 Å². The molecule has 4 nitrogen and oxygen atoms in total. The summed E-state index contributed by atoms with van der Waals surface area (Å²) in [6.45, 7) is 5.85. The second kappa shape index (κ2) is 8.75. The summed E-state index contributed by atoms with van der Waals surface area (Å²) >= 11 is 0. The summed E-state index contributed by atoms with van der Waals surface area (Å²) in [7, 11) is -4.07. The Morgan fingerprint density at radius 1 is 0.812 bits per heavy atom. The van der Waals surface area contributed by atoms with E-state index in [-0.39, 0.29) is 16.7 Å². The fourth-order valence-electron chi connectivity index (χ4n) is 4.21. The molecule has 2 atom stereocenters. The maximum absolute atomic E-state index is 13.8. The summed E-state index contributed by atoms with van der Waals surface area (Å²) in [5.41, 5.74) is 4.21. The lowest BCUT2D eigenvalue weighted by Crippen LogP contribution is -2.44. The fraction of sp³-hybridized carbons (Fsp3) is 0.222. The number of benzene rings is 3. The minimum Gasteiger partial charge on any atom is -0.273 e. The lowest BCUT2D eigenvalue weighted by Gasteiger charge is -2.37. The third-order valence-electron chi connectivity index (χ3n) is 6.04. The molecule has 0 radical (unpaired) electrons. The first-order chi connectivity index (χ1) is 15.3. The van der Waals surface area contributed by atoms with Crippen LogP contribution in [0.3, 0.4) is 0 Å². The van der Waals surface area contributed by atoms with Crippen molar-refractivity contribution in [3.05, 3.63) is 107 Å². The van der Waals surface area contributed by atoms with Crippen molar-refractivity contribution in [1.29, 1.82) is 0 Å². The molecule has 3 aromatic carbocycles. The van der Waals surface area contributed by atoms with Crippen molar-refractivity contribution < 1.29 is 13.2 Å². The van der Waals surface area contributed by atoms with E-state index in [1.807, 2.05) is 81.4 Å². The minimum atomic E-state index is -4.07. The highest BCUT2D eigenvalue weighted by Crippen LogP contribution is 2.42. The van der Waals surface area contributed by atoms with E-state index in [1.165, 1.54) is 0 Å². The molecule has 3 aromatic rings. The Balaban J connectivity index is 1.92. The zero-order chi connectivity index (χ0) is 22.9. The Labute approximate surface area is 190 Å². The minimum absolute atomic E-state index is 0.113. The molecule has 0 saturated carbocycles. The van der Waals surface area contributed by atoms with Crippen LogP contribution in [-0.4, -0.2) is 18.6 Å². The molecule has 0 N–H and O–H groups in total. The molecule has 5 heteroatoms. The number of amides is 1. The summed E-state index contributed by atoms with van der Waals surface area (Å²) in [4.78, 5) is 13.9. The van der Waals surface area contributed by atoms with Gasteiger partial charge in [0, 0.05) is 11.8 Å². The molecule has 0 aromatic heterocycles. The molecule has 0 unspecified atom stereocenters. The van der Waals surface area contributed by atoms with Crippen LogP contribution in [0.5, 0.6) is 0 Å². The van der Waals surface area contributed by atoms with Crippen LogP contribution >= 0.6 is 0 Å². The quantitative estimate of drug-likeness (QED) is 0.507. The van der Waals surface area contributed by atoms with E-state index in [0.717, 1.165) is 21.0 Å². The third kappa shape index (κ3) is 4.00. The van der Waals surface area contributed by atoms with E-state index in [2.05, 4.69) is 0 Å². The predicted octanol–water partition coefficient (Wildman–Crippen LogP) is 5.69. The van der Waals surface area contributed by atoms with Gasteiger partial charge in [0.2, 0.25) is 5.91 Å². The average molecular weight is 446 g/mol. The number of hydrogen-bond donors (Lipinski definition) is 0. The van der Waals surface area contributed by atoms with Gasteiger partial charge in [0.05, 0.1) is 10.6 Å². The van der Waals surface area contributed by atoms with Gasteiger partial charge in [0.1, 0.15) is 0 Å². The highest BCUT2D eigenvalue weighted by atomic mass is 32.2. The number of aryl methyl sites for hydroxylation is 2. The topological polar surface area (TPSA) is 54.5 Å². The molecule has 4 rings (SSSR count). The highest BCUT2D eigenvalue weighted by molar-refractivity contribution is 7.90. The molecule has 1 amide bonds. The van der Waals surface area contributed by atoms with E-state index >= 15 is 0 Å². The van der Waals surface area contributed by atoms with Crippen LogP contribution in [-0.2, 0) is 14.8 Å². The van der Waals surface area contributed by atoms with Crippen LogP contribution in [0.1, 0.15) is 41.5 Å². The van der Waals surface area contributed by atoms with Crippen molar-refractivity contribution in [3.63, 3.8) is 0 Å². The van der Waals surface area contributed by atoms with Crippen molar-refractivity contribution in [2.45, 2.75) is 38.0 Å². The average Bonchev–Trinajstić information content (AvgIpc) is 2.79. The van der Waals surface area contributed by atoms with Gasteiger partial charge in [-0.2, -0.15) is 0 Å². The van der Waals surface area contributed by atoms with Crippen LogP contribution in [0, 0.1) is 19.8 Å². The lowest BCUT2D eigenvalue weighted by molar-refractivity contribution is -0.129. The number of hydrogen-bond acceptors (Lipinski definition) is 3. The van der Waals surface area contributed by atoms with Crippen LogP contribution < -0.4 is 0 Å². The first-order valence-electron chi connectivity index (χ1n) is 10.8. The molecule has 0 fully saturated rings. The molecular weight excluding hydrogens is 418 g/mol. The van der Waals surface area contributed by atoms with Crippen molar-refractivity contribution >= 4 is 21.6 Å². The van der Waals surface area contributed by atoms with Gasteiger partial charge >= 0.3 is 0 Å². The normalized spacial score (nSPS) is 19.0. The number of sulfonamides is 1. The molecular formula is C27H27NO3S. The zero-order valence-electron chi connectivity index (χ0n) is 18.5. The molecule has 164 valence electrons. The van der Waals surface area contributed by atoms with Gasteiger partial charge in [-0.3, -0.25) is 4.79 Å². The van der Waals surface area contributed by atoms with Gasteiger partial charge < -0.3 is 0 Å². The van der Waals surface area contributed by atoms with E-state index in [4.69, 9.17) is 0 Å². The summed E-state index contributed by atoms with van der Waals surface area (Å²) in [5.74, 6) is -1.06. The first kappa shape index (κ1) is 22.0. The zero-order valence-corrected chi connectivity index (χ0v) is 19.3. The molecule has 1 aliphatic rings. The van der Waals surface area contributed by atoms with Gasteiger partial charge in [-0.05, 0) is 43.5 Å². The van der Waals surface area contributed by atoms with E-state index < -0.39 is 15.9 Å². The van der Waals surface area contributed by atoms with Gasteiger partial charge in [0.15, 0.2) is 0 Å². The molecule has 0 spiro atoms. The van der Waals surface area contributed by atoms with Crippen molar-refractivity contribution in [1.82, 2.24) is 4.31 Å². The van der Waals surface area contributed by atoms with Gasteiger partial charge in [0.25, 0.3) is 10.0 Å². The smallest absolute Gasteiger partial charge is 0.270 e. The predicted molar refractivity (Wildman–Crippen MR) is 127 cm³/mol. The number of nitrogens with zero attached hydrogens (tertiary/aromatic N) is 1.